The van der Waals surface area contributed by atoms with Crippen LogP contribution in [-0.4, -0.2) is 45.9 Å². The normalized spacial score (nSPS) is 15.3. The number of nitrogens with zero attached hydrogens (tertiary/aromatic N) is 5. The monoisotopic (exact) mass is 356 g/mol. The van der Waals surface area contributed by atoms with E-state index in [-0.39, 0.29) is 12.5 Å². The average molecular weight is 356 g/mol. The average Bonchev–Trinajstić information content (AvgIpc) is 3.31. The molecule has 9 nitrogen and oxygen atoms in total. The first-order chi connectivity index (χ1) is 12.6. The van der Waals surface area contributed by atoms with Gasteiger partial charge in [0.2, 0.25) is 11.7 Å². The summed E-state index contributed by atoms with van der Waals surface area (Å²) in [5, 5.41) is 24.3. The molecule has 1 aromatic heterocycles. The van der Waals surface area contributed by atoms with E-state index in [0.717, 1.165) is 12.8 Å². The summed E-state index contributed by atoms with van der Waals surface area (Å²) >= 11 is 0. The van der Waals surface area contributed by atoms with Crippen molar-refractivity contribution < 1.29 is 14.3 Å². The van der Waals surface area contributed by atoms with E-state index in [1.807, 2.05) is 0 Å². The molecular weight excluding hydrogens is 336 g/mol. The van der Waals surface area contributed by atoms with Crippen molar-refractivity contribution in [2.45, 2.75) is 37.8 Å². The largest absolute Gasteiger partial charge is 0.493 e. The Hall–Kier alpha value is -3.15. The van der Waals surface area contributed by atoms with Crippen molar-refractivity contribution in [1.82, 2.24) is 25.5 Å². The first-order valence-corrected chi connectivity index (χ1v) is 8.31. The van der Waals surface area contributed by atoms with Crippen LogP contribution < -0.4 is 14.8 Å². The lowest BCUT2D eigenvalue weighted by Crippen LogP contribution is -2.46. The highest BCUT2D eigenvalue weighted by Gasteiger charge is 2.35. The summed E-state index contributed by atoms with van der Waals surface area (Å²) < 4.78 is 10.5. The van der Waals surface area contributed by atoms with Gasteiger partial charge in [0.1, 0.15) is 12.1 Å². The van der Waals surface area contributed by atoms with Crippen LogP contribution in [0, 0.1) is 11.3 Å². The van der Waals surface area contributed by atoms with E-state index in [2.05, 4.69) is 26.8 Å². The summed E-state index contributed by atoms with van der Waals surface area (Å²) in [5.74, 6) is 1.22. The van der Waals surface area contributed by atoms with Crippen molar-refractivity contribution in [3.8, 4) is 29.0 Å². The lowest BCUT2D eigenvalue weighted by Gasteiger charge is -2.21. The SMILES string of the molecule is COc1ccc(-c2nnn(CC(=O)NC3(C#N)CCCC3)n2)cc1OC. The van der Waals surface area contributed by atoms with Gasteiger partial charge in [-0.15, -0.1) is 10.2 Å². The molecule has 1 heterocycles. The Bertz CT molecular complexity index is 835. The Morgan fingerprint density at radius 2 is 2.04 bits per heavy atom. The van der Waals surface area contributed by atoms with Crippen LogP contribution in [-0.2, 0) is 11.3 Å². The predicted octanol–water partition coefficient (Wildman–Crippen LogP) is 1.31. The highest BCUT2D eigenvalue weighted by molar-refractivity contribution is 5.77. The maximum absolute atomic E-state index is 12.2. The van der Waals surface area contributed by atoms with Crippen LogP contribution in [0.1, 0.15) is 25.7 Å². The number of nitriles is 1. The molecule has 3 rings (SSSR count). The summed E-state index contributed by atoms with van der Waals surface area (Å²) in [6.07, 6.45) is 3.24. The van der Waals surface area contributed by atoms with Gasteiger partial charge in [-0.3, -0.25) is 4.79 Å². The van der Waals surface area contributed by atoms with Gasteiger partial charge >= 0.3 is 0 Å². The smallest absolute Gasteiger partial charge is 0.244 e. The van der Waals surface area contributed by atoms with Gasteiger partial charge in [0, 0.05) is 5.56 Å². The predicted molar refractivity (Wildman–Crippen MR) is 91.3 cm³/mol. The highest BCUT2D eigenvalue weighted by Crippen LogP contribution is 2.31. The van der Waals surface area contributed by atoms with E-state index in [1.54, 1.807) is 32.4 Å². The lowest BCUT2D eigenvalue weighted by molar-refractivity contribution is -0.123. The Kier molecular flexibility index (Phi) is 5.02. The zero-order valence-corrected chi connectivity index (χ0v) is 14.7. The molecule has 1 N–H and O–H groups in total. The molecule has 1 aliphatic carbocycles. The van der Waals surface area contributed by atoms with Gasteiger partial charge in [0.15, 0.2) is 11.5 Å². The molecule has 0 bridgehead atoms. The molecule has 26 heavy (non-hydrogen) atoms. The summed E-state index contributed by atoms with van der Waals surface area (Å²) in [6, 6.07) is 7.50. The Morgan fingerprint density at radius 3 is 2.69 bits per heavy atom. The minimum atomic E-state index is -0.760. The number of aromatic nitrogens is 4. The van der Waals surface area contributed by atoms with Crippen LogP contribution in [0.2, 0.25) is 0 Å². The quantitative estimate of drug-likeness (QED) is 0.829. The van der Waals surface area contributed by atoms with Gasteiger partial charge < -0.3 is 14.8 Å². The van der Waals surface area contributed by atoms with E-state index in [1.165, 1.54) is 4.80 Å². The van der Waals surface area contributed by atoms with Crippen molar-refractivity contribution >= 4 is 5.91 Å². The summed E-state index contributed by atoms with van der Waals surface area (Å²) in [6.45, 7) is -0.0935. The van der Waals surface area contributed by atoms with Crippen LogP contribution in [0.4, 0.5) is 0 Å². The molecule has 2 aromatic rings. The van der Waals surface area contributed by atoms with Crippen LogP contribution in [0.25, 0.3) is 11.4 Å². The Morgan fingerprint density at radius 1 is 1.31 bits per heavy atom. The number of benzene rings is 1. The van der Waals surface area contributed by atoms with Crippen molar-refractivity contribution in [3.63, 3.8) is 0 Å². The number of amides is 1. The summed E-state index contributed by atoms with van der Waals surface area (Å²) in [7, 11) is 3.10. The molecule has 1 amide bonds. The molecule has 0 atom stereocenters. The summed E-state index contributed by atoms with van der Waals surface area (Å²) in [5.41, 5.74) is -0.0669. The minimum Gasteiger partial charge on any atom is -0.493 e. The van der Waals surface area contributed by atoms with Crippen LogP contribution >= 0.6 is 0 Å². The number of carbonyl (C=O) groups is 1. The number of carbonyl (C=O) groups excluding carboxylic acids is 1. The van der Waals surface area contributed by atoms with Gasteiger partial charge in [0.05, 0.1) is 20.3 Å². The third-order valence-corrected chi connectivity index (χ3v) is 4.43. The highest BCUT2D eigenvalue weighted by atomic mass is 16.5. The first-order valence-electron chi connectivity index (χ1n) is 8.31. The fourth-order valence-electron chi connectivity index (χ4n) is 3.08. The number of hydrogen-bond acceptors (Lipinski definition) is 7. The molecule has 0 unspecified atom stereocenters. The number of rotatable bonds is 6. The molecule has 0 aliphatic heterocycles. The third kappa shape index (κ3) is 3.59. The van der Waals surface area contributed by atoms with E-state index >= 15 is 0 Å². The van der Waals surface area contributed by atoms with E-state index in [9.17, 15) is 10.1 Å². The standard InChI is InChI=1S/C17H20N6O3/c1-25-13-6-5-12(9-14(13)26-2)16-20-22-23(21-16)10-15(24)19-17(11-18)7-3-4-8-17/h5-6,9H,3-4,7-8,10H2,1-2H3,(H,19,24). The summed E-state index contributed by atoms with van der Waals surface area (Å²) in [4.78, 5) is 13.4. The second kappa shape index (κ2) is 7.39. The zero-order valence-electron chi connectivity index (χ0n) is 14.7. The molecular formula is C17H20N6O3. The molecule has 9 heteroatoms. The second-order valence-electron chi connectivity index (χ2n) is 6.16. The second-order valence-corrected chi connectivity index (χ2v) is 6.16. The maximum atomic E-state index is 12.2. The van der Waals surface area contributed by atoms with E-state index in [0.29, 0.717) is 35.7 Å². The van der Waals surface area contributed by atoms with Crippen molar-refractivity contribution in [1.29, 1.82) is 5.26 Å². The van der Waals surface area contributed by atoms with Gasteiger partial charge in [-0.2, -0.15) is 10.1 Å². The van der Waals surface area contributed by atoms with Crippen LogP contribution in [0.3, 0.4) is 0 Å². The van der Waals surface area contributed by atoms with Crippen LogP contribution in [0.5, 0.6) is 11.5 Å². The van der Waals surface area contributed by atoms with Crippen LogP contribution in [0.15, 0.2) is 18.2 Å². The molecule has 1 aliphatic rings. The minimum absolute atomic E-state index is 0.0935. The van der Waals surface area contributed by atoms with Gasteiger partial charge in [-0.25, -0.2) is 0 Å². The van der Waals surface area contributed by atoms with Gasteiger partial charge in [-0.1, -0.05) is 0 Å². The topological polar surface area (TPSA) is 115 Å². The number of hydrogen-bond donors (Lipinski definition) is 1. The van der Waals surface area contributed by atoms with E-state index < -0.39 is 5.54 Å². The lowest BCUT2D eigenvalue weighted by atomic mass is 10.00. The number of ether oxygens (including phenoxy) is 2. The Balaban J connectivity index is 1.70. The number of methoxy groups -OCH3 is 2. The molecule has 1 aromatic carbocycles. The van der Waals surface area contributed by atoms with E-state index in [4.69, 9.17) is 9.47 Å². The van der Waals surface area contributed by atoms with Gasteiger partial charge in [0.25, 0.3) is 0 Å². The van der Waals surface area contributed by atoms with Crippen molar-refractivity contribution in [3.05, 3.63) is 18.2 Å². The number of nitrogens with one attached hydrogen (secondary N) is 1. The number of tetrazole rings is 1. The molecule has 0 saturated heterocycles. The molecule has 136 valence electrons. The molecule has 1 fully saturated rings. The van der Waals surface area contributed by atoms with Crippen molar-refractivity contribution in [2.24, 2.45) is 0 Å². The molecule has 0 spiro atoms. The molecule has 0 radical (unpaired) electrons. The molecule has 1 saturated carbocycles. The van der Waals surface area contributed by atoms with Crippen molar-refractivity contribution in [2.75, 3.05) is 14.2 Å². The fourth-order valence-corrected chi connectivity index (χ4v) is 3.08. The maximum Gasteiger partial charge on any atom is 0.244 e. The third-order valence-electron chi connectivity index (χ3n) is 4.43. The van der Waals surface area contributed by atoms with Gasteiger partial charge in [-0.05, 0) is 49.1 Å². The Labute approximate surface area is 150 Å². The fraction of sp³-hybridized carbons (Fsp3) is 0.471. The first kappa shape index (κ1) is 17.7. The zero-order chi connectivity index (χ0) is 18.6.